The van der Waals surface area contributed by atoms with E-state index in [1.165, 1.54) is 0 Å². The molecule has 2 aliphatic rings. The summed E-state index contributed by atoms with van der Waals surface area (Å²) in [5.74, 6) is 0.0132. The number of carbonyl (C=O) groups is 1. The van der Waals surface area contributed by atoms with E-state index in [1.807, 2.05) is 36.2 Å². The molecule has 1 aromatic rings. The van der Waals surface area contributed by atoms with Crippen molar-refractivity contribution in [1.82, 2.24) is 4.90 Å². The highest BCUT2D eigenvalue weighted by molar-refractivity contribution is 5.95. The molecule has 3 rings (SSSR count). The Hall–Kier alpha value is -1.88. The first kappa shape index (κ1) is 14.1. The number of anilines is 1. The van der Waals surface area contributed by atoms with Gasteiger partial charge in [-0.15, -0.1) is 0 Å². The van der Waals surface area contributed by atoms with Gasteiger partial charge in [0.15, 0.2) is 0 Å². The number of carbonyl (C=O) groups excluding carboxylic acids is 1. The molecule has 5 nitrogen and oxygen atoms in total. The number of hydrogen-bond donors (Lipinski definition) is 1. The molecule has 0 radical (unpaired) electrons. The second-order valence-corrected chi connectivity index (χ2v) is 5.73. The average Bonchev–Trinajstić information content (AvgIpc) is 3.15. The monoisotopic (exact) mass is 287 g/mol. The van der Waals surface area contributed by atoms with Crippen molar-refractivity contribution in [2.75, 3.05) is 24.7 Å². The van der Waals surface area contributed by atoms with E-state index in [0.717, 1.165) is 43.8 Å². The maximum atomic E-state index is 12.5. The van der Waals surface area contributed by atoms with Crippen LogP contribution in [0.5, 0.6) is 0 Å². The van der Waals surface area contributed by atoms with Gasteiger partial charge >= 0.3 is 0 Å². The van der Waals surface area contributed by atoms with Gasteiger partial charge in [0.1, 0.15) is 0 Å². The van der Waals surface area contributed by atoms with E-state index in [1.54, 1.807) is 4.90 Å². The molecule has 21 heavy (non-hydrogen) atoms. The third-order valence-corrected chi connectivity index (χ3v) is 4.24. The van der Waals surface area contributed by atoms with E-state index in [9.17, 15) is 9.90 Å². The number of hydrogen-bond acceptors (Lipinski definition) is 4. The molecule has 5 heteroatoms. The van der Waals surface area contributed by atoms with Crippen molar-refractivity contribution in [2.45, 2.75) is 32.2 Å². The standard InChI is InChI=1S/C16H21N3O2/c1-12-8-10-19(17-12)14-6-4-13(5-7-14)16(21)18-9-2-3-15(18)11-20/h4-7,15,20H,2-3,8-11H2,1H3/t15-/m1/s1. The fraction of sp³-hybridized carbons (Fsp3) is 0.500. The summed E-state index contributed by atoms with van der Waals surface area (Å²) >= 11 is 0. The van der Waals surface area contributed by atoms with Gasteiger partial charge in [-0.25, -0.2) is 0 Å². The summed E-state index contributed by atoms with van der Waals surface area (Å²) in [6, 6.07) is 7.57. The Bertz CT molecular complexity index is 553. The molecule has 2 heterocycles. The topological polar surface area (TPSA) is 56.1 Å². The summed E-state index contributed by atoms with van der Waals surface area (Å²) in [7, 11) is 0. The van der Waals surface area contributed by atoms with Crippen molar-refractivity contribution >= 4 is 17.3 Å². The van der Waals surface area contributed by atoms with E-state index >= 15 is 0 Å². The lowest BCUT2D eigenvalue weighted by molar-refractivity contribution is 0.0677. The van der Waals surface area contributed by atoms with Gasteiger partial charge in [-0.05, 0) is 44.0 Å². The van der Waals surface area contributed by atoms with Crippen LogP contribution in [0.15, 0.2) is 29.4 Å². The van der Waals surface area contributed by atoms with Crippen LogP contribution < -0.4 is 5.01 Å². The van der Waals surface area contributed by atoms with E-state index in [2.05, 4.69) is 5.10 Å². The molecule has 0 bridgehead atoms. The van der Waals surface area contributed by atoms with Crippen LogP contribution in [0.3, 0.4) is 0 Å². The zero-order valence-corrected chi connectivity index (χ0v) is 12.3. The van der Waals surface area contributed by atoms with Gasteiger partial charge < -0.3 is 10.0 Å². The van der Waals surface area contributed by atoms with Crippen LogP contribution in [0, 0.1) is 0 Å². The van der Waals surface area contributed by atoms with E-state index in [-0.39, 0.29) is 18.6 Å². The Morgan fingerprint density at radius 1 is 1.33 bits per heavy atom. The fourth-order valence-electron chi connectivity index (χ4n) is 3.00. The third-order valence-electron chi connectivity index (χ3n) is 4.24. The first-order valence-corrected chi connectivity index (χ1v) is 7.52. The first-order chi connectivity index (χ1) is 10.2. The summed E-state index contributed by atoms with van der Waals surface area (Å²) in [6.07, 6.45) is 2.85. The largest absolute Gasteiger partial charge is 0.394 e. The number of nitrogens with zero attached hydrogens (tertiary/aromatic N) is 3. The van der Waals surface area contributed by atoms with Crippen LogP contribution in [0.2, 0.25) is 0 Å². The van der Waals surface area contributed by atoms with Crippen molar-refractivity contribution in [3.05, 3.63) is 29.8 Å². The van der Waals surface area contributed by atoms with Crippen LogP contribution in [0.4, 0.5) is 5.69 Å². The molecular formula is C16H21N3O2. The Morgan fingerprint density at radius 2 is 2.10 bits per heavy atom. The van der Waals surface area contributed by atoms with Gasteiger partial charge in [0.2, 0.25) is 0 Å². The minimum absolute atomic E-state index is 0.0132. The highest BCUT2D eigenvalue weighted by Gasteiger charge is 2.28. The number of likely N-dealkylation sites (tertiary alicyclic amines) is 1. The van der Waals surface area contributed by atoms with Crippen LogP contribution in [-0.4, -0.2) is 47.4 Å². The van der Waals surface area contributed by atoms with Gasteiger partial charge in [0, 0.05) is 30.8 Å². The summed E-state index contributed by atoms with van der Waals surface area (Å²) in [5.41, 5.74) is 2.83. The smallest absolute Gasteiger partial charge is 0.254 e. The normalized spacial score (nSPS) is 21.8. The molecule has 1 aromatic carbocycles. The van der Waals surface area contributed by atoms with Crippen molar-refractivity contribution in [3.8, 4) is 0 Å². The number of rotatable bonds is 3. The molecule has 0 saturated carbocycles. The second kappa shape index (κ2) is 5.85. The van der Waals surface area contributed by atoms with Crippen LogP contribution in [-0.2, 0) is 0 Å². The predicted molar refractivity (Wildman–Crippen MR) is 82.7 cm³/mol. The average molecular weight is 287 g/mol. The lowest BCUT2D eigenvalue weighted by Gasteiger charge is -2.23. The van der Waals surface area contributed by atoms with E-state index in [0.29, 0.717) is 5.56 Å². The summed E-state index contributed by atoms with van der Waals surface area (Å²) in [6.45, 7) is 3.71. The number of aliphatic hydroxyl groups excluding tert-OH is 1. The van der Waals surface area contributed by atoms with Crippen molar-refractivity contribution in [1.29, 1.82) is 0 Å². The number of benzene rings is 1. The summed E-state index contributed by atoms with van der Waals surface area (Å²) in [4.78, 5) is 14.3. The van der Waals surface area contributed by atoms with Crippen LogP contribution in [0.1, 0.15) is 36.5 Å². The lowest BCUT2D eigenvalue weighted by Crippen LogP contribution is -2.37. The molecule has 2 aliphatic heterocycles. The van der Waals surface area contributed by atoms with Gasteiger partial charge in [-0.1, -0.05) is 0 Å². The predicted octanol–water partition coefficient (Wildman–Crippen LogP) is 1.87. The molecule has 1 amide bonds. The zero-order chi connectivity index (χ0) is 14.8. The third kappa shape index (κ3) is 2.78. The van der Waals surface area contributed by atoms with Crippen molar-refractivity contribution in [2.24, 2.45) is 5.10 Å². The first-order valence-electron chi connectivity index (χ1n) is 7.52. The van der Waals surface area contributed by atoms with Crippen molar-refractivity contribution < 1.29 is 9.90 Å². The highest BCUT2D eigenvalue weighted by atomic mass is 16.3. The van der Waals surface area contributed by atoms with Crippen LogP contribution >= 0.6 is 0 Å². The van der Waals surface area contributed by atoms with Crippen LogP contribution in [0.25, 0.3) is 0 Å². The summed E-state index contributed by atoms with van der Waals surface area (Å²) in [5, 5.41) is 15.8. The maximum Gasteiger partial charge on any atom is 0.254 e. The SMILES string of the molecule is CC1=NN(c2ccc(C(=O)N3CCC[C@@H]3CO)cc2)CC1. The molecule has 1 atom stereocenters. The second-order valence-electron chi connectivity index (χ2n) is 5.73. The Balaban J connectivity index is 1.73. The Morgan fingerprint density at radius 3 is 2.71 bits per heavy atom. The molecule has 0 aromatic heterocycles. The molecule has 0 spiro atoms. The fourth-order valence-corrected chi connectivity index (χ4v) is 3.00. The number of aliphatic hydroxyl groups is 1. The van der Waals surface area contributed by atoms with Crippen molar-refractivity contribution in [3.63, 3.8) is 0 Å². The van der Waals surface area contributed by atoms with Gasteiger partial charge in [0.25, 0.3) is 5.91 Å². The molecule has 0 aliphatic carbocycles. The molecule has 1 saturated heterocycles. The number of hydrazone groups is 1. The zero-order valence-electron chi connectivity index (χ0n) is 12.3. The molecule has 112 valence electrons. The molecule has 1 N–H and O–H groups in total. The lowest BCUT2D eigenvalue weighted by atomic mass is 10.1. The quantitative estimate of drug-likeness (QED) is 0.923. The summed E-state index contributed by atoms with van der Waals surface area (Å²) < 4.78 is 0. The van der Waals surface area contributed by atoms with Gasteiger partial charge in [-0.3, -0.25) is 9.80 Å². The minimum atomic E-state index is -0.0250. The van der Waals surface area contributed by atoms with Gasteiger partial charge in [0.05, 0.1) is 18.3 Å². The Labute approximate surface area is 124 Å². The number of amides is 1. The Kier molecular flexibility index (Phi) is 3.92. The highest BCUT2D eigenvalue weighted by Crippen LogP contribution is 2.23. The van der Waals surface area contributed by atoms with Gasteiger partial charge in [-0.2, -0.15) is 5.10 Å². The maximum absolute atomic E-state index is 12.5. The van der Waals surface area contributed by atoms with E-state index in [4.69, 9.17) is 0 Å². The molecule has 1 fully saturated rings. The molecule has 0 unspecified atom stereocenters. The van der Waals surface area contributed by atoms with E-state index < -0.39 is 0 Å². The minimum Gasteiger partial charge on any atom is -0.394 e. The molecular weight excluding hydrogens is 266 g/mol.